The summed E-state index contributed by atoms with van der Waals surface area (Å²) in [7, 11) is 0. The quantitative estimate of drug-likeness (QED) is 0.691. The van der Waals surface area contributed by atoms with Crippen LogP contribution in [0.3, 0.4) is 0 Å². The van der Waals surface area contributed by atoms with Gasteiger partial charge in [-0.2, -0.15) is 4.98 Å². The van der Waals surface area contributed by atoms with Gasteiger partial charge in [0.15, 0.2) is 5.82 Å². The second-order valence-corrected chi connectivity index (χ2v) is 4.48. The fourth-order valence-electron chi connectivity index (χ4n) is 1.59. The number of aromatic nitrogens is 2. The lowest BCUT2D eigenvalue weighted by Crippen LogP contribution is -2.36. The highest BCUT2D eigenvalue weighted by Gasteiger charge is 2.28. The molecule has 0 unspecified atom stereocenters. The average Bonchev–Trinajstić information content (AvgIpc) is 3.15. The third-order valence-corrected chi connectivity index (χ3v) is 2.78. The first kappa shape index (κ1) is 13.8. The van der Waals surface area contributed by atoms with E-state index in [1.165, 1.54) is 0 Å². The number of nitrogens with zero attached hydrogens (tertiary/aromatic N) is 2. The van der Waals surface area contributed by atoms with Crippen LogP contribution in [0.2, 0.25) is 0 Å². The monoisotopic (exact) mass is 268 g/mol. The maximum absolute atomic E-state index is 11.4. The third kappa shape index (κ3) is 4.86. The molecule has 106 valence electrons. The molecular formula is C12H20N4O3. The Labute approximate surface area is 112 Å². The van der Waals surface area contributed by atoms with E-state index in [0.717, 1.165) is 25.1 Å². The summed E-state index contributed by atoms with van der Waals surface area (Å²) in [5.41, 5.74) is 0. The van der Waals surface area contributed by atoms with Crippen molar-refractivity contribution in [1.82, 2.24) is 20.8 Å². The van der Waals surface area contributed by atoms with Crippen LogP contribution in [0.1, 0.15) is 43.8 Å². The smallest absolute Gasteiger partial charge is 0.315 e. The van der Waals surface area contributed by atoms with E-state index in [0.29, 0.717) is 31.6 Å². The Morgan fingerprint density at radius 3 is 3.05 bits per heavy atom. The van der Waals surface area contributed by atoms with Gasteiger partial charge in [0, 0.05) is 25.7 Å². The first-order valence-electron chi connectivity index (χ1n) is 6.71. The molecule has 0 aromatic carbocycles. The van der Waals surface area contributed by atoms with Gasteiger partial charge in [-0.1, -0.05) is 5.16 Å². The Kier molecular flexibility index (Phi) is 5.14. The van der Waals surface area contributed by atoms with Gasteiger partial charge in [-0.25, -0.2) is 4.79 Å². The zero-order valence-electron chi connectivity index (χ0n) is 11.1. The van der Waals surface area contributed by atoms with Crippen molar-refractivity contribution in [2.45, 2.75) is 38.6 Å². The molecule has 7 nitrogen and oxygen atoms in total. The van der Waals surface area contributed by atoms with Crippen LogP contribution in [0.5, 0.6) is 0 Å². The fourth-order valence-corrected chi connectivity index (χ4v) is 1.59. The van der Waals surface area contributed by atoms with E-state index in [1.54, 1.807) is 0 Å². The molecule has 2 rings (SSSR count). The minimum atomic E-state index is -0.234. The van der Waals surface area contributed by atoms with Crippen LogP contribution in [-0.4, -0.2) is 35.9 Å². The van der Waals surface area contributed by atoms with Crippen molar-refractivity contribution in [2.75, 3.05) is 19.8 Å². The standard InChI is InChI=1S/C12H20N4O3/c1-2-18-7-3-6-13-12(17)14-8-10-15-11(16-19-10)9-4-5-9/h9H,2-8H2,1H3,(H2,13,14,17). The summed E-state index contributed by atoms with van der Waals surface area (Å²) in [5.74, 6) is 1.67. The number of rotatable bonds is 8. The molecule has 0 saturated heterocycles. The highest BCUT2D eigenvalue weighted by molar-refractivity contribution is 5.73. The first-order chi connectivity index (χ1) is 9.29. The predicted molar refractivity (Wildman–Crippen MR) is 67.6 cm³/mol. The van der Waals surface area contributed by atoms with Gasteiger partial charge >= 0.3 is 6.03 Å². The Morgan fingerprint density at radius 2 is 2.32 bits per heavy atom. The van der Waals surface area contributed by atoms with Crippen molar-refractivity contribution < 1.29 is 14.1 Å². The topological polar surface area (TPSA) is 89.3 Å². The lowest BCUT2D eigenvalue weighted by Gasteiger charge is -2.05. The lowest BCUT2D eigenvalue weighted by atomic mass is 10.4. The van der Waals surface area contributed by atoms with Gasteiger partial charge in [0.25, 0.3) is 0 Å². The number of hydrogen-bond acceptors (Lipinski definition) is 5. The maximum atomic E-state index is 11.4. The molecule has 19 heavy (non-hydrogen) atoms. The first-order valence-corrected chi connectivity index (χ1v) is 6.71. The fraction of sp³-hybridized carbons (Fsp3) is 0.750. The SMILES string of the molecule is CCOCCCNC(=O)NCc1nc(C2CC2)no1. The van der Waals surface area contributed by atoms with Crippen molar-refractivity contribution in [3.8, 4) is 0 Å². The molecule has 0 bridgehead atoms. The average molecular weight is 268 g/mol. The summed E-state index contributed by atoms with van der Waals surface area (Å²) in [6, 6.07) is -0.234. The van der Waals surface area contributed by atoms with Crippen LogP contribution in [0, 0.1) is 0 Å². The molecule has 2 N–H and O–H groups in total. The highest BCUT2D eigenvalue weighted by Crippen LogP contribution is 2.37. The molecule has 1 saturated carbocycles. The molecule has 1 heterocycles. The highest BCUT2D eigenvalue weighted by atomic mass is 16.5. The normalized spacial score (nSPS) is 14.4. The van der Waals surface area contributed by atoms with Gasteiger partial charge in [-0.05, 0) is 26.2 Å². The number of hydrogen-bond donors (Lipinski definition) is 2. The molecule has 0 spiro atoms. The molecule has 7 heteroatoms. The Bertz CT molecular complexity index is 403. The number of amides is 2. The van der Waals surface area contributed by atoms with Gasteiger partial charge in [-0.15, -0.1) is 0 Å². The summed E-state index contributed by atoms with van der Waals surface area (Å²) in [6.07, 6.45) is 3.06. The predicted octanol–water partition coefficient (Wildman–Crippen LogP) is 1.17. The number of carbonyl (C=O) groups excluding carboxylic acids is 1. The van der Waals surface area contributed by atoms with Crippen LogP contribution >= 0.6 is 0 Å². The lowest BCUT2D eigenvalue weighted by molar-refractivity contribution is 0.145. The minimum absolute atomic E-state index is 0.234. The molecule has 1 aromatic rings. The Hall–Kier alpha value is -1.63. The summed E-state index contributed by atoms with van der Waals surface area (Å²) in [5, 5.41) is 9.29. The summed E-state index contributed by atoms with van der Waals surface area (Å²) < 4.78 is 10.2. The maximum Gasteiger partial charge on any atom is 0.315 e. The molecule has 2 amide bonds. The van der Waals surface area contributed by atoms with E-state index in [2.05, 4.69) is 20.8 Å². The van der Waals surface area contributed by atoms with E-state index in [4.69, 9.17) is 9.26 Å². The number of urea groups is 1. The number of nitrogens with one attached hydrogen (secondary N) is 2. The third-order valence-electron chi connectivity index (χ3n) is 2.78. The zero-order valence-corrected chi connectivity index (χ0v) is 11.1. The van der Waals surface area contributed by atoms with E-state index in [9.17, 15) is 4.79 Å². The van der Waals surface area contributed by atoms with E-state index >= 15 is 0 Å². The molecular weight excluding hydrogens is 248 g/mol. The van der Waals surface area contributed by atoms with Crippen molar-refractivity contribution >= 4 is 6.03 Å². The van der Waals surface area contributed by atoms with Gasteiger partial charge in [-0.3, -0.25) is 0 Å². The van der Waals surface area contributed by atoms with E-state index in [1.807, 2.05) is 6.92 Å². The minimum Gasteiger partial charge on any atom is -0.382 e. The van der Waals surface area contributed by atoms with Crippen LogP contribution < -0.4 is 10.6 Å². The largest absolute Gasteiger partial charge is 0.382 e. The van der Waals surface area contributed by atoms with Crippen LogP contribution in [0.15, 0.2) is 4.52 Å². The Morgan fingerprint density at radius 1 is 1.47 bits per heavy atom. The van der Waals surface area contributed by atoms with Crippen molar-refractivity contribution in [2.24, 2.45) is 0 Å². The van der Waals surface area contributed by atoms with Gasteiger partial charge < -0.3 is 19.9 Å². The van der Waals surface area contributed by atoms with E-state index < -0.39 is 0 Å². The zero-order chi connectivity index (χ0) is 13.5. The molecule has 1 aliphatic carbocycles. The van der Waals surface area contributed by atoms with E-state index in [-0.39, 0.29) is 12.6 Å². The second-order valence-electron chi connectivity index (χ2n) is 4.48. The summed E-state index contributed by atoms with van der Waals surface area (Å²) >= 11 is 0. The van der Waals surface area contributed by atoms with Gasteiger partial charge in [0.05, 0.1) is 6.54 Å². The molecule has 1 fully saturated rings. The molecule has 1 aromatic heterocycles. The molecule has 0 aliphatic heterocycles. The molecule has 0 radical (unpaired) electrons. The summed E-state index contributed by atoms with van der Waals surface area (Å²) in [4.78, 5) is 15.7. The van der Waals surface area contributed by atoms with Crippen molar-refractivity contribution in [3.63, 3.8) is 0 Å². The van der Waals surface area contributed by atoms with Gasteiger partial charge in [0.1, 0.15) is 0 Å². The van der Waals surface area contributed by atoms with Crippen molar-refractivity contribution in [1.29, 1.82) is 0 Å². The van der Waals surface area contributed by atoms with Crippen LogP contribution in [-0.2, 0) is 11.3 Å². The van der Waals surface area contributed by atoms with Gasteiger partial charge in [0.2, 0.25) is 5.89 Å². The molecule has 1 aliphatic rings. The van der Waals surface area contributed by atoms with Crippen molar-refractivity contribution in [3.05, 3.63) is 11.7 Å². The van der Waals surface area contributed by atoms with Crippen LogP contribution in [0.4, 0.5) is 4.79 Å². The molecule has 0 atom stereocenters. The number of ether oxygens (including phenoxy) is 1. The Balaban J connectivity index is 1.57. The second kappa shape index (κ2) is 7.08. The number of carbonyl (C=O) groups is 1. The van der Waals surface area contributed by atoms with Crippen LogP contribution in [0.25, 0.3) is 0 Å². The summed E-state index contributed by atoms with van der Waals surface area (Å²) in [6.45, 7) is 4.15.